The lowest BCUT2D eigenvalue weighted by molar-refractivity contribution is -0.139. The third kappa shape index (κ3) is 6.65. The first-order valence-electron chi connectivity index (χ1n) is 4.89. The van der Waals surface area contributed by atoms with Gasteiger partial charge in [-0.2, -0.15) is 11.8 Å². The fourth-order valence-electron chi connectivity index (χ4n) is 0.977. The smallest absolute Gasteiger partial charge is 0.321 e. The van der Waals surface area contributed by atoms with Gasteiger partial charge in [0.25, 0.3) is 0 Å². The first-order chi connectivity index (χ1) is 7.34. The number of thioether (sulfide) groups is 1. The van der Waals surface area contributed by atoms with Crippen LogP contribution in [0.4, 0.5) is 0 Å². The SMILES string of the molecule is CC(C)N[C@@H](CSC[C@H](N)C(=O)O)C(=O)O. The average Bonchev–Trinajstić information content (AvgIpc) is 2.14. The van der Waals surface area contributed by atoms with Crippen LogP contribution in [0.3, 0.4) is 0 Å². The van der Waals surface area contributed by atoms with Gasteiger partial charge in [0.05, 0.1) is 0 Å². The van der Waals surface area contributed by atoms with Crippen LogP contribution in [0.2, 0.25) is 0 Å². The van der Waals surface area contributed by atoms with Gasteiger partial charge in [0, 0.05) is 17.5 Å². The first-order valence-corrected chi connectivity index (χ1v) is 6.05. The molecule has 7 heteroatoms. The van der Waals surface area contributed by atoms with Gasteiger partial charge >= 0.3 is 11.9 Å². The molecule has 0 aromatic carbocycles. The normalized spacial score (nSPS) is 14.8. The number of carboxylic acid groups (broad SMARTS) is 2. The molecule has 2 atom stereocenters. The lowest BCUT2D eigenvalue weighted by Gasteiger charge is -2.17. The standard InChI is InChI=1S/C9H18N2O4S/c1-5(2)11-7(9(14)15)4-16-3-6(10)8(12)13/h5-7,11H,3-4,10H2,1-2H3,(H,12,13)(H,14,15)/t6-,7-/m0/s1. The van der Waals surface area contributed by atoms with E-state index in [2.05, 4.69) is 5.32 Å². The van der Waals surface area contributed by atoms with E-state index in [4.69, 9.17) is 15.9 Å². The molecule has 0 aromatic heterocycles. The van der Waals surface area contributed by atoms with Crippen molar-refractivity contribution in [3.63, 3.8) is 0 Å². The summed E-state index contributed by atoms with van der Waals surface area (Å²) in [4.78, 5) is 21.2. The Labute approximate surface area is 98.6 Å². The van der Waals surface area contributed by atoms with Crippen LogP contribution < -0.4 is 11.1 Å². The molecule has 0 bridgehead atoms. The number of nitrogens with two attached hydrogens (primary N) is 1. The largest absolute Gasteiger partial charge is 0.480 e. The van der Waals surface area contributed by atoms with Gasteiger partial charge in [-0.25, -0.2) is 0 Å². The monoisotopic (exact) mass is 250 g/mol. The third-order valence-corrected chi connectivity index (χ3v) is 2.90. The van der Waals surface area contributed by atoms with E-state index < -0.39 is 24.0 Å². The van der Waals surface area contributed by atoms with E-state index in [0.717, 1.165) is 0 Å². The molecule has 94 valence electrons. The second kappa shape index (κ2) is 7.48. The summed E-state index contributed by atoms with van der Waals surface area (Å²) in [6, 6.07) is -1.56. The molecule has 0 aromatic rings. The van der Waals surface area contributed by atoms with Crippen LogP contribution >= 0.6 is 11.8 Å². The summed E-state index contributed by atoms with van der Waals surface area (Å²) >= 11 is 1.22. The summed E-state index contributed by atoms with van der Waals surface area (Å²) in [6.07, 6.45) is 0. The van der Waals surface area contributed by atoms with E-state index >= 15 is 0 Å². The Morgan fingerprint density at radius 3 is 2.19 bits per heavy atom. The number of carbonyl (C=O) groups is 2. The zero-order valence-corrected chi connectivity index (χ0v) is 10.2. The number of carboxylic acids is 2. The molecule has 0 rings (SSSR count). The van der Waals surface area contributed by atoms with E-state index in [0.29, 0.717) is 5.75 Å². The molecule has 16 heavy (non-hydrogen) atoms. The van der Waals surface area contributed by atoms with E-state index in [1.807, 2.05) is 13.8 Å². The molecule has 0 amide bonds. The van der Waals surface area contributed by atoms with Gasteiger partial charge in [-0.05, 0) is 0 Å². The van der Waals surface area contributed by atoms with Crippen molar-refractivity contribution in [2.24, 2.45) is 5.73 Å². The van der Waals surface area contributed by atoms with E-state index in [-0.39, 0.29) is 11.8 Å². The summed E-state index contributed by atoms with van der Waals surface area (Å²) < 4.78 is 0. The van der Waals surface area contributed by atoms with Gasteiger partial charge in [-0.3, -0.25) is 9.59 Å². The molecule has 0 saturated heterocycles. The Balaban J connectivity index is 3.94. The minimum Gasteiger partial charge on any atom is -0.480 e. The molecule has 0 radical (unpaired) electrons. The molecule has 6 nitrogen and oxygen atoms in total. The minimum absolute atomic E-state index is 0.0647. The van der Waals surface area contributed by atoms with Crippen molar-refractivity contribution in [2.45, 2.75) is 32.0 Å². The van der Waals surface area contributed by atoms with Crippen molar-refractivity contribution in [3.05, 3.63) is 0 Å². The number of rotatable bonds is 8. The third-order valence-electron chi connectivity index (χ3n) is 1.73. The van der Waals surface area contributed by atoms with Crippen LogP contribution in [0.1, 0.15) is 13.8 Å². The molecule has 0 heterocycles. The lowest BCUT2D eigenvalue weighted by Crippen LogP contribution is -2.43. The Hall–Kier alpha value is -0.790. The van der Waals surface area contributed by atoms with Crippen LogP contribution in [0.5, 0.6) is 0 Å². The minimum atomic E-state index is -1.07. The Bertz CT molecular complexity index is 248. The second-order valence-corrected chi connectivity index (χ2v) is 4.77. The van der Waals surface area contributed by atoms with Crippen LogP contribution in [0, 0.1) is 0 Å². The van der Waals surface area contributed by atoms with Gasteiger partial charge in [-0.15, -0.1) is 0 Å². The summed E-state index contributed by atoms with van der Waals surface area (Å²) in [5, 5.41) is 20.3. The first kappa shape index (κ1) is 15.2. The van der Waals surface area contributed by atoms with Crippen LogP contribution in [-0.2, 0) is 9.59 Å². The summed E-state index contributed by atoms with van der Waals surface area (Å²) in [6.45, 7) is 3.70. The summed E-state index contributed by atoms with van der Waals surface area (Å²) in [7, 11) is 0. The van der Waals surface area contributed by atoms with Crippen molar-refractivity contribution >= 4 is 23.7 Å². The fraction of sp³-hybridized carbons (Fsp3) is 0.778. The molecule has 0 aliphatic carbocycles. The summed E-state index contributed by atoms with van der Waals surface area (Å²) in [5.74, 6) is -1.51. The molecular weight excluding hydrogens is 232 g/mol. The molecule has 0 aliphatic rings. The zero-order valence-electron chi connectivity index (χ0n) is 9.34. The molecule has 0 aliphatic heterocycles. The van der Waals surface area contributed by atoms with Crippen molar-refractivity contribution in [1.82, 2.24) is 5.32 Å². The van der Waals surface area contributed by atoms with Gasteiger partial charge in [0.15, 0.2) is 0 Å². The quantitative estimate of drug-likeness (QED) is 0.463. The highest BCUT2D eigenvalue weighted by atomic mass is 32.2. The number of hydrogen-bond donors (Lipinski definition) is 4. The topological polar surface area (TPSA) is 113 Å². The predicted molar refractivity (Wildman–Crippen MR) is 62.6 cm³/mol. The molecule has 0 saturated carbocycles. The van der Waals surface area contributed by atoms with Crippen molar-refractivity contribution in [3.8, 4) is 0 Å². The van der Waals surface area contributed by atoms with E-state index in [1.54, 1.807) is 0 Å². The lowest BCUT2D eigenvalue weighted by atomic mass is 10.3. The fourth-order valence-corrected chi connectivity index (χ4v) is 1.98. The Kier molecular flexibility index (Phi) is 7.11. The number of aliphatic carboxylic acids is 2. The molecule has 0 fully saturated rings. The molecular formula is C9H18N2O4S. The maximum atomic E-state index is 10.8. The van der Waals surface area contributed by atoms with Crippen LogP contribution in [0.25, 0.3) is 0 Å². The zero-order chi connectivity index (χ0) is 12.7. The number of nitrogens with one attached hydrogen (secondary N) is 1. The maximum Gasteiger partial charge on any atom is 0.321 e. The highest BCUT2D eigenvalue weighted by molar-refractivity contribution is 7.99. The molecule has 0 spiro atoms. The second-order valence-electron chi connectivity index (χ2n) is 3.69. The van der Waals surface area contributed by atoms with Crippen LogP contribution in [0.15, 0.2) is 0 Å². The van der Waals surface area contributed by atoms with Gasteiger partial charge in [0.2, 0.25) is 0 Å². The van der Waals surface area contributed by atoms with E-state index in [9.17, 15) is 9.59 Å². The molecule has 0 unspecified atom stereocenters. The highest BCUT2D eigenvalue weighted by Crippen LogP contribution is 2.05. The van der Waals surface area contributed by atoms with E-state index in [1.165, 1.54) is 11.8 Å². The van der Waals surface area contributed by atoms with Crippen molar-refractivity contribution in [2.75, 3.05) is 11.5 Å². The highest BCUT2D eigenvalue weighted by Gasteiger charge is 2.19. The predicted octanol–water partition coefficient (Wildman–Crippen LogP) is -0.417. The maximum absolute atomic E-state index is 10.8. The van der Waals surface area contributed by atoms with Crippen LogP contribution in [-0.4, -0.2) is 51.8 Å². The number of hydrogen-bond acceptors (Lipinski definition) is 5. The average molecular weight is 250 g/mol. The Morgan fingerprint density at radius 2 is 1.81 bits per heavy atom. The van der Waals surface area contributed by atoms with Gasteiger partial charge < -0.3 is 21.3 Å². The van der Waals surface area contributed by atoms with Crippen molar-refractivity contribution in [1.29, 1.82) is 0 Å². The molecule has 5 N–H and O–H groups in total. The van der Waals surface area contributed by atoms with Gasteiger partial charge in [-0.1, -0.05) is 13.8 Å². The Morgan fingerprint density at radius 1 is 1.25 bits per heavy atom. The van der Waals surface area contributed by atoms with Gasteiger partial charge in [0.1, 0.15) is 12.1 Å². The van der Waals surface area contributed by atoms with Crippen molar-refractivity contribution < 1.29 is 19.8 Å². The summed E-state index contributed by atoms with van der Waals surface area (Å²) in [5.41, 5.74) is 5.29.